The van der Waals surface area contributed by atoms with E-state index in [2.05, 4.69) is 97.1 Å². The number of rotatable bonds is 3. The third-order valence-corrected chi connectivity index (χ3v) is 6.52. The number of alkyl halides is 3. The maximum Gasteiger partial charge on any atom is 1.00 e. The minimum atomic E-state index is -4.24. The van der Waals surface area contributed by atoms with E-state index >= 15 is 0 Å². The van der Waals surface area contributed by atoms with Crippen LogP contribution in [0.2, 0.25) is 0 Å². The van der Waals surface area contributed by atoms with Crippen LogP contribution in [0.3, 0.4) is 0 Å². The fourth-order valence-corrected chi connectivity index (χ4v) is 5.05. The minimum absolute atomic E-state index is 0. The topological polar surface area (TPSA) is 0 Å². The van der Waals surface area contributed by atoms with Crippen LogP contribution in [0.25, 0.3) is 0 Å². The molecule has 0 aliphatic rings. The molecule has 0 aliphatic heterocycles. The van der Waals surface area contributed by atoms with Crippen LogP contribution in [-0.4, -0.2) is 0 Å². The molecule has 0 unspecified atom stereocenters. The largest absolute Gasteiger partial charge is 1.00 e. The van der Waals surface area contributed by atoms with Crippen LogP contribution >= 0.6 is 7.92 Å². The summed E-state index contributed by atoms with van der Waals surface area (Å²) in [4.78, 5) is 0. The Balaban J connectivity index is 0.000000249. The normalized spacial score (nSPS) is 10.5. The Kier molecular flexibility index (Phi) is 9.55. The molecule has 0 saturated heterocycles. The van der Waals surface area contributed by atoms with E-state index in [4.69, 9.17) is 0 Å². The molecule has 4 aromatic carbocycles. The Labute approximate surface area is 192 Å². The van der Waals surface area contributed by atoms with Crippen molar-refractivity contribution in [2.24, 2.45) is 0 Å². The summed E-state index contributed by atoms with van der Waals surface area (Å²) < 4.78 is 35.3. The monoisotopic (exact) mass is 604 g/mol. The average molecular weight is 604 g/mol. The van der Waals surface area contributed by atoms with Crippen LogP contribution in [-0.2, 0) is 28.6 Å². The zero-order valence-corrected chi connectivity index (χ0v) is 18.9. The van der Waals surface area contributed by atoms with Crippen LogP contribution in [0.15, 0.2) is 115 Å². The van der Waals surface area contributed by atoms with Crippen molar-refractivity contribution >= 4 is 23.8 Å². The standard InChI is InChI=1S/C18H15P.C7H4F3.Au/c1-4-10-16(11-5-1)19(17-12-6-2-7-13-17)18-14-8-3-9-15-18;8-7(9,10)6-4-2-1-3-5-6;/h1-15H;1-2,4-5H;/q;-1;+1. The SMILES string of the molecule is FC(F)(F)c1c[c-]ccc1.[Au+].c1ccc(P(c2ccccc2)c2ccccc2)cc1. The summed E-state index contributed by atoms with van der Waals surface area (Å²) in [5.74, 6) is 0. The molecule has 0 bridgehead atoms. The minimum Gasteiger partial charge on any atom is -0.183 e. The molecule has 0 atom stereocenters. The summed E-state index contributed by atoms with van der Waals surface area (Å²) in [7, 11) is -0.446. The maximum absolute atomic E-state index is 11.8. The second kappa shape index (κ2) is 11.9. The van der Waals surface area contributed by atoms with Crippen molar-refractivity contribution in [3.63, 3.8) is 0 Å². The summed E-state index contributed by atoms with van der Waals surface area (Å²) in [5.41, 5.74) is -0.657. The first kappa shape index (κ1) is 24.1. The van der Waals surface area contributed by atoms with Crippen molar-refractivity contribution in [3.05, 3.63) is 127 Å². The fraction of sp³-hybridized carbons (Fsp3) is 0.0400. The predicted molar refractivity (Wildman–Crippen MR) is 115 cm³/mol. The molecule has 0 radical (unpaired) electrons. The molecule has 0 aliphatic carbocycles. The molecule has 0 spiro atoms. The van der Waals surface area contributed by atoms with Crippen LogP contribution in [0, 0.1) is 6.07 Å². The van der Waals surface area contributed by atoms with Gasteiger partial charge in [-0.1, -0.05) is 96.6 Å². The predicted octanol–water partition coefficient (Wildman–Crippen LogP) is 5.95. The smallest absolute Gasteiger partial charge is 0.183 e. The van der Waals surface area contributed by atoms with Gasteiger partial charge in [0.05, 0.1) is 0 Å². The molecule has 0 N–H and O–H groups in total. The van der Waals surface area contributed by atoms with Gasteiger partial charge in [-0.25, -0.2) is 0 Å². The van der Waals surface area contributed by atoms with Crippen molar-refractivity contribution in [2.75, 3.05) is 0 Å². The zero-order valence-electron chi connectivity index (χ0n) is 15.9. The molecule has 0 nitrogen and oxygen atoms in total. The van der Waals surface area contributed by atoms with Gasteiger partial charge in [0.25, 0.3) is 0 Å². The van der Waals surface area contributed by atoms with Gasteiger partial charge in [0, 0.05) is 0 Å². The van der Waals surface area contributed by atoms with Gasteiger partial charge in [0.15, 0.2) is 0 Å². The zero-order chi connectivity index (χ0) is 20.5. The van der Waals surface area contributed by atoms with Gasteiger partial charge in [-0.3, -0.25) is 0 Å². The Bertz CT molecular complexity index is 882. The summed E-state index contributed by atoms with van der Waals surface area (Å²) >= 11 is 0. The van der Waals surface area contributed by atoms with E-state index in [1.807, 2.05) is 0 Å². The second-order valence-electron chi connectivity index (χ2n) is 6.13. The Hall–Kier alpha value is -2.16. The molecule has 156 valence electrons. The molecule has 4 rings (SSSR count). The first-order valence-corrected chi connectivity index (χ1v) is 10.4. The maximum atomic E-state index is 11.8. The third kappa shape index (κ3) is 6.97. The average Bonchev–Trinajstić information content (AvgIpc) is 2.77. The van der Waals surface area contributed by atoms with Gasteiger partial charge in [-0.15, -0.1) is 0 Å². The summed E-state index contributed by atoms with van der Waals surface area (Å²) in [6.07, 6.45) is -4.24. The molecule has 0 saturated carbocycles. The molecular formula is C25H19AuF3P. The van der Waals surface area contributed by atoms with Crippen molar-refractivity contribution < 1.29 is 35.6 Å². The van der Waals surface area contributed by atoms with E-state index in [1.165, 1.54) is 28.0 Å². The van der Waals surface area contributed by atoms with Gasteiger partial charge in [-0.2, -0.15) is 43.5 Å². The molecule has 0 aromatic heterocycles. The van der Waals surface area contributed by atoms with Gasteiger partial charge < -0.3 is 0 Å². The van der Waals surface area contributed by atoms with Gasteiger partial charge in [0.1, 0.15) is 0 Å². The number of hydrogen-bond acceptors (Lipinski definition) is 0. The Morgan fingerprint density at radius 1 is 0.567 bits per heavy atom. The van der Waals surface area contributed by atoms with E-state index in [1.54, 1.807) is 0 Å². The van der Waals surface area contributed by atoms with Crippen LogP contribution in [0.1, 0.15) is 5.56 Å². The van der Waals surface area contributed by atoms with Crippen LogP contribution < -0.4 is 15.9 Å². The molecule has 30 heavy (non-hydrogen) atoms. The molecule has 0 amide bonds. The Morgan fingerprint density at radius 2 is 0.967 bits per heavy atom. The Morgan fingerprint density at radius 3 is 1.23 bits per heavy atom. The first-order chi connectivity index (χ1) is 14.1. The van der Waals surface area contributed by atoms with E-state index < -0.39 is 19.7 Å². The fourth-order valence-electron chi connectivity index (χ4n) is 2.75. The van der Waals surface area contributed by atoms with Crippen molar-refractivity contribution in [1.29, 1.82) is 0 Å². The summed E-state index contributed by atoms with van der Waals surface area (Å²) in [6.45, 7) is 0. The van der Waals surface area contributed by atoms with E-state index in [0.29, 0.717) is 0 Å². The third-order valence-electron chi connectivity index (χ3n) is 4.08. The summed E-state index contributed by atoms with van der Waals surface area (Å²) in [5, 5.41) is 4.19. The van der Waals surface area contributed by atoms with E-state index in [0.717, 1.165) is 12.1 Å². The van der Waals surface area contributed by atoms with Gasteiger partial charge in [-0.05, 0) is 23.8 Å². The molecule has 0 heterocycles. The van der Waals surface area contributed by atoms with Crippen molar-refractivity contribution in [2.45, 2.75) is 6.18 Å². The van der Waals surface area contributed by atoms with Gasteiger partial charge >= 0.3 is 28.6 Å². The summed E-state index contributed by atoms with van der Waals surface area (Å²) in [6, 6.07) is 39.3. The van der Waals surface area contributed by atoms with E-state index in [9.17, 15) is 13.2 Å². The molecule has 4 aromatic rings. The number of halogens is 3. The van der Waals surface area contributed by atoms with Crippen molar-refractivity contribution in [3.8, 4) is 0 Å². The second-order valence-corrected chi connectivity index (χ2v) is 8.35. The first-order valence-electron chi connectivity index (χ1n) is 9.04. The van der Waals surface area contributed by atoms with Gasteiger partial charge in [0.2, 0.25) is 0 Å². The quantitative estimate of drug-likeness (QED) is 0.154. The van der Waals surface area contributed by atoms with Crippen LogP contribution in [0.5, 0.6) is 0 Å². The molecular weight excluding hydrogens is 585 g/mol. The number of benzene rings is 4. The van der Waals surface area contributed by atoms with E-state index in [-0.39, 0.29) is 22.4 Å². The molecule has 0 fully saturated rings. The van der Waals surface area contributed by atoms with Crippen molar-refractivity contribution in [1.82, 2.24) is 0 Å². The molecule has 5 heteroatoms. The van der Waals surface area contributed by atoms with Crippen LogP contribution in [0.4, 0.5) is 13.2 Å². The number of hydrogen-bond donors (Lipinski definition) is 0.